The van der Waals surface area contributed by atoms with Crippen molar-refractivity contribution in [3.63, 3.8) is 0 Å². The van der Waals surface area contributed by atoms with Gasteiger partial charge >= 0.3 is 5.97 Å². The van der Waals surface area contributed by atoms with E-state index in [9.17, 15) is 9.59 Å². The average Bonchev–Trinajstić information content (AvgIpc) is 2.24. The lowest BCUT2D eigenvalue weighted by atomic mass is 10.1. The molecule has 0 spiro atoms. The Balaban J connectivity index is 3.26. The predicted octanol–water partition coefficient (Wildman–Crippen LogP) is 2.21. The normalized spacial score (nSPS) is 11.9. The first-order valence-corrected chi connectivity index (χ1v) is 5.08. The molecule has 16 heavy (non-hydrogen) atoms. The van der Waals surface area contributed by atoms with Gasteiger partial charge in [0.1, 0.15) is 0 Å². The number of carboxylic acid groups (broad SMARTS) is 1. The van der Waals surface area contributed by atoms with Crippen LogP contribution in [0.25, 0.3) is 0 Å². The number of aliphatic carboxylic acids is 1. The van der Waals surface area contributed by atoms with Crippen LogP contribution in [0.2, 0.25) is 10.0 Å². The molecule has 0 radical (unpaired) electrons. The molecule has 0 aromatic heterocycles. The highest BCUT2D eigenvalue weighted by molar-refractivity contribution is 6.42. The summed E-state index contributed by atoms with van der Waals surface area (Å²) in [6.07, 6.45) is 0.427. The fraction of sp³-hybridized carbons (Fsp3) is 0.200. The maximum Gasteiger partial charge on any atom is 0.331 e. The van der Waals surface area contributed by atoms with Crippen LogP contribution in [0.1, 0.15) is 11.6 Å². The van der Waals surface area contributed by atoms with Crippen molar-refractivity contribution in [2.45, 2.75) is 6.04 Å². The molecule has 0 saturated heterocycles. The van der Waals surface area contributed by atoms with E-state index in [-0.39, 0.29) is 15.6 Å². The van der Waals surface area contributed by atoms with Crippen LogP contribution < -0.4 is 0 Å². The number of carboxylic acids is 1. The molecular weight excluding hydrogens is 253 g/mol. The third-order valence-corrected chi connectivity index (χ3v) is 2.92. The summed E-state index contributed by atoms with van der Waals surface area (Å²) >= 11 is 11.7. The van der Waals surface area contributed by atoms with Crippen LogP contribution in [0.5, 0.6) is 0 Å². The second-order valence-electron chi connectivity index (χ2n) is 3.15. The van der Waals surface area contributed by atoms with E-state index in [1.807, 2.05) is 0 Å². The summed E-state index contributed by atoms with van der Waals surface area (Å²) in [6, 6.07) is 3.52. The van der Waals surface area contributed by atoms with Gasteiger partial charge in [-0.05, 0) is 6.07 Å². The number of halogens is 2. The van der Waals surface area contributed by atoms with Gasteiger partial charge in [-0.25, -0.2) is 4.79 Å². The van der Waals surface area contributed by atoms with Crippen molar-refractivity contribution in [3.05, 3.63) is 33.8 Å². The first-order chi connectivity index (χ1) is 7.49. The monoisotopic (exact) mass is 261 g/mol. The maximum absolute atomic E-state index is 11.1. The van der Waals surface area contributed by atoms with Gasteiger partial charge in [0.05, 0.1) is 10.0 Å². The van der Waals surface area contributed by atoms with Crippen molar-refractivity contribution >= 4 is 35.6 Å². The minimum absolute atomic E-state index is 0.144. The lowest BCUT2D eigenvalue weighted by Gasteiger charge is -2.21. The first kappa shape index (κ1) is 12.8. The van der Waals surface area contributed by atoms with Crippen LogP contribution in [0.15, 0.2) is 18.2 Å². The van der Waals surface area contributed by atoms with E-state index in [1.165, 1.54) is 13.1 Å². The van der Waals surface area contributed by atoms with Crippen molar-refractivity contribution in [2.75, 3.05) is 7.05 Å². The Morgan fingerprint density at radius 1 is 1.50 bits per heavy atom. The molecule has 0 bridgehead atoms. The molecule has 4 nitrogen and oxygen atoms in total. The van der Waals surface area contributed by atoms with E-state index < -0.39 is 12.0 Å². The first-order valence-electron chi connectivity index (χ1n) is 4.33. The van der Waals surface area contributed by atoms with Crippen LogP contribution in [0, 0.1) is 0 Å². The van der Waals surface area contributed by atoms with E-state index in [1.54, 1.807) is 12.1 Å². The molecule has 0 saturated carbocycles. The van der Waals surface area contributed by atoms with E-state index >= 15 is 0 Å². The number of nitrogens with zero attached hydrogens (tertiary/aromatic N) is 1. The summed E-state index contributed by atoms with van der Waals surface area (Å²) in [6.45, 7) is 0. The molecule has 0 heterocycles. The Morgan fingerprint density at radius 2 is 2.12 bits per heavy atom. The molecular formula is C10H9Cl2NO3. The SMILES string of the molecule is CN(C=O)C(C(=O)O)c1cccc(Cl)c1Cl. The van der Waals surface area contributed by atoms with Crippen molar-refractivity contribution in [1.82, 2.24) is 4.90 Å². The van der Waals surface area contributed by atoms with Crippen LogP contribution in [0.4, 0.5) is 0 Å². The molecule has 0 aliphatic carbocycles. The minimum atomic E-state index is -1.17. The van der Waals surface area contributed by atoms with E-state index in [0.29, 0.717) is 6.41 Å². The molecule has 0 aliphatic rings. The molecule has 1 amide bonds. The number of carbonyl (C=O) groups excluding carboxylic acids is 1. The highest BCUT2D eigenvalue weighted by Crippen LogP contribution is 2.32. The van der Waals surface area contributed by atoms with E-state index in [4.69, 9.17) is 28.3 Å². The number of carbonyl (C=O) groups is 2. The van der Waals surface area contributed by atoms with Crippen molar-refractivity contribution in [2.24, 2.45) is 0 Å². The van der Waals surface area contributed by atoms with Gasteiger partial charge in [-0.2, -0.15) is 0 Å². The Morgan fingerprint density at radius 3 is 2.62 bits per heavy atom. The lowest BCUT2D eigenvalue weighted by molar-refractivity contribution is -0.145. The molecule has 1 N–H and O–H groups in total. The van der Waals surface area contributed by atoms with Crippen molar-refractivity contribution in [3.8, 4) is 0 Å². The van der Waals surface area contributed by atoms with Gasteiger partial charge in [0.25, 0.3) is 0 Å². The highest BCUT2D eigenvalue weighted by Gasteiger charge is 2.26. The van der Waals surface area contributed by atoms with Crippen molar-refractivity contribution < 1.29 is 14.7 Å². The molecule has 86 valence electrons. The summed E-state index contributed by atoms with van der Waals surface area (Å²) in [5.74, 6) is -1.17. The van der Waals surface area contributed by atoms with Crippen LogP contribution in [-0.4, -0.2) is 29.4 Å². The van der Waals surface area contributed by atoms with Crippen LogP contribution in [0.3, 0.4) is 0 Å². The molecule has 0 fully saturated rings. The fourth-order valence-corrected chi connectivity index (χ4v) is 1.73. The Kier molecular flexibility index (Phi) is 4.15. The summed E-state index contributed by atoms with van der Waals surface area (Å²) in [5, 5.41) is 9.44. The van der Waals surface area contributed by atoms with Crippen molar-refractivity contribution in [1.29, 1.82) is 0 Å². The minimum Gasteiger partial charge on any atom is -0.479 e. The summed E-state index contributed by atoms with van der Waals surface area (Å²) < 4.78 is 0. The molecule has 6 heteroatoms. The lowest BCUT2D eigenvalue weighted by Crippen LogP contribution is -2.29. The molecule has 1 rings (SSSR count). The number of rotatable bonds is 4. The Hall–Kier alpha value is -1.26. The summed E-state index contributed by atoms with van der Waals surface area (Å²) in [7, 11) is 1.36. The predicted molar refractivity (Wildman–Crippen MR) is 60.7 cm³/mol. The molecule has 1 aromatic rings. The number of amides is 1. The standard InChI is InChI=1S/C10H9Cl2NO3/c1-13(5-14)9(10(15)16)6-3-2-4-7(11)8(6)12/h2-5,9H,1H3,(H,15,16). The van der Waals surface area contributed by atoms with E-state index in [0.717, 1.165) is 4.90 Å². The maximum atomic E-state index is 11.1. The van der Waals surface area contributed by atoms with Crippen LogP contribution in [-0.2, 0) is 9.59 Å². The van der Waals surface area contributed by atoms with Gasteiger partial charge in [-0.15, -0.1) is 0 Å². The Bertz CT molecular complexity index is 423. The smallest absolute Gasteiger partial charge is 0.331 e. The molecule has 1 unspecified atom stereocenters. The third-order valence-electron chi connectivity index (χ3n) is 2.08. The fourth-order valence-electron chi connectivity index (χ4n) is 1.32. The number of likely N-dealkylation sites (N-methyl/N-ethyl adjacent to an activating group) is 1. The van der Waals surface area contributed by atoms with Gasteiger partial charge in [-0.3, -0.25) is 4.79 Å². The summed E-state index contributed by atoms with van der Waals surface area (Å²) in [5.41, 5.74) is 0.288. The summed E-state index contributed by atoms with van der Waals surface area (Å²) in [4.78, 5) is 22.7. The van der Waals surface area contributed by atoms with Gasteiger partial charge < -0.3 is 10.0 Å². The van der Waals surface area contributed by atoms with Gasteiger partial charge in [0.2, 0.25) is 6.41 Å². The van der Waals surface area contributed by atoms with Gasteiger partial charge in [0.15, 0.2) is 6.04 Å². The number of hydrogen-bond donors (Lipinski definition) is 1. The Labute approximate surface area is 102 Å². The molecule has 1 aromatic carbocycles. The second-order valence-corrected chi connectivity index (χ2v) is 3.94. The zero-order chi connectivity index (χ0) is 12.3. The van der Waals surface area contributed by atoms with Gasteiger partial charge in [-0.1, -0.05) is 35.3 Å². The molecule has 1 atom stereocenters. The number of hydrogen-bond acceptors (Lipinski definition) is 2. The third kappa shape index (κ3) is 2.46. The van der Waals surface area contributed by atoms with Gasteiger partial charge in [0, 0.05) is 12.6 Å². The zero-order valence-corrected chi connectivity index (χ0v) is 9.87. The topological polar surface area (TPSA) is 57.6 Å². The highest BCUT2D eigenvalue weighted by atomic mass is 35.5. The van der Waals surface area contributed by atoms with E-state index in [2.05, 4.69) is 0 Å². The largest absolute Gasteiger partial charge is 0.479 e. The molecule has 0 aliphatic heterocycles. The van der Waals surface area contributed by atoms with Crippen LogP contribution >= 0.6 is 23.2 Å². The quantitative estimate of drug-likeness (QED) is 0.846. The zero-order valence-electron chi connectivity index (χ0n) is 8.35. The second kappa shape index (κ2) is 5.18. The number of benzene rings is 1. The average molecular weight is 262 g/mol.